The number of hydrogen-bond acceptors (Lipinski definition) is 0. The van der Waals surface area contributed by atoms with Crippen molar-refractivity contribution in [3.63, 3.8) is 0 Å². The maximum absolute atomic E-state index is 2.49. The van der Waals surface area contributed by atoms with E-state index in [1.807, 2.05) is 0 Å². The van der Waals surface area contributed by atoms with E-state index in [0.29, 0.717) is 5.41 Å². The molecular formula is C13H24. The zero-order chi connectivity index (χ0) is 9.80. The van der Waals surface area contributed by atoms with Gasteiger partial charge in [0.2, 0.25) is 0 Å². The fraction of sp³-hybridized carbons (Fsp3) is 1.00. The van der Waals surface area contributed by atoms with Gasteiger partial charge in [0.1, 0.15) is 0 Å². The van der Waals surface area contributed by atoms with Gasteiger partial charge in [-0.25, -0.2) is 0 Å². The van der Waals surface area contributed by atoms with Crippen LogP contribution >= 0.6 is 0 Å². The summed E-state index contributed by atoms with van der Waals surface area (Å²) in [4.78, 5) is 0. The minimum absolute atomic E-state index is 0.671. The summed E-state index contributed by atoms with van der Waals surface area (Å²) in [6, 6.07) is 0. The summed E-state index contributed by atoms with van der Waals surface area (Å²) in [5.74, 6) is 4.95. The quantitative estimate of drug-likeness (QED) is 0.573. The van der Waals surface area contributed by atoms with E-state index in [-0.39, 0.29) is 0 Å². The molecule has 0 N–H and O–H groups in total. The lowest BCUT2D eigenvalue weighted by Gasteiger charge is -2.63. The van der Waals surface area contributed by atoms with E-state index in [1.165, 1.54) is 12.8 Å². The summed E-state index contributed by atoms with van der Waals surface area (Å²) in [6.07, 6.45) is 3.03. The van der Waals surface area contributed by atoms with E-state index in [4.69, 9.17) is 0 Å². The molecule has 0 saturated heterocycles. The first kappa shape index (κ1) is 9.55. The lowest BCUT2D eigenvalue weighted by Crippen LogP contribution is -2.55. The van der Waals surface area contributed by atoms with Crippen LogP contribution in [0, 0.1) is 35.0 Å². The van der Waals surface area contributed by atoms with E-state index in [0.717, 1.165) is 29.6 Å². The molecule has 0 heteroatoms. The molecule has 0 spiro atoms. The zero-order valence-corrected chi connectivity index (χ0v) is 9.80. The van der Waals surface area contributed by atoms with E-state index >= 15 is 0 Å². The second kappa shape index (κ2) is 2.74. The third kappa shape index (κ3) is 1.17. The van der Waals surface area contributed by atoms with E-state index in [9.17, 15) is 0 Å². The Hall–Kier alpha value is 0. The smallest absolute Gasteiger partial charge is 0.0295 e. The minimum Gasteiger partial charge on any atom is -0.0625 e. The lowest BCUT2D eigenvalue weighted by molar-refractivity contribution is -0.137. The first-order valence-electron chi connectivity index (χ1n) is 5.94. The van der Waals surface area contributed by atoms with Crippen LogP contribution < -0.4 is 0 Å². The van der Waals surface area contributed by atoms with Crippen LogP contribution in [0.4, 0.5) is 0 Å². The molecule has 3 fully saturated rings. The van der Waals surface area contributed by atoms with Gasteiger partial charge >= 0.3 is 0 Å². The predicted molar refractivity (Wildman–Crippen MR) is 57.5 cm³/mol. The SMILES string of the molecule is CC(C)[C@H]1C[C@@H]2C[C@H]([C@@H]1C)C2(C)C. The molecule has 0 radical (unpaired) electrons. The summed E-state index contributed by atoms with van der Waals surface area (Å²) in [7, 11) is 0. The van der Waals surface area contributed by atoms with Crippen LogP contribution in [-0.2, 0) is 0 Å². The Balaban J connectivity index is 2.12. The monoisotopic (exact) mass is 180 g/mol. The molecule has 0 aliphatic heterocycles. The van der Waals surface area contributed by atoms with E-state index in [1.54, 1.807) is 0 Å². The molecule has 3 aliphatic carbocycles. The lowest BCUT2D eigenvalue weighted by atomic mass is 9.42. The van der Waals surface area contributed by atoms with Gasteiger partial charge in [0.15, 0.2) is 0 Å². The standard InChI is InChI=1S/C13H24/c1-8(2)11-6-10-7-12(9(11)3)13(10,4)5/h8-12H,6-7H2,1-5H3/t9-,10-,11-,12-/m1/s1. The van der Waals surface area contributed by atoms with E-state index in [2.05, 4.69) is 34.6 Å². The van der Waals surface area contributed by atoms with Crippen molar-refractivity contribution in [2.24, 2.45) is 35.0 Å². The molecule has 3 rings (SSSR count). The Labute approximate surface area is 83.1 Å². The maximum Gasteiger partial charge on any atom is -0.0295 e. The molecule has 3 saturated carbocycles. The topological polar surface area (TPSA) is 0 Å². The molecule has 0 aromatic heterocycles. The average Bonchev–Trinajstić information content (AvgIpc) is 2.02. The van der Waals surface area contributed by atoms with Crippen LogP contribution in [0.25, 0.3) is 0 Å². The van der Waals surface area contributed by atoms with Crippen LogP contribution in [0.3, 0.4) is 0 Å². The third-order valence-electron chi connectivity index (χ3n) is 5.27. The van der Waals surface area contributed by atoms with Crippen LogP contribution in [0.15, 0.2) is 0 Å². The Bertz CT molecular complexity index is 200. The second-order valence-electron chi connectivity index (χ2n) is 6.36. The molecule has 0 heterocycles. The van der Waals surface area contributed by atoms with E-state index < -0.39 is 0 Å². The molecule has 0 amide bonds. The van der Waals surface area contributed by atoms with Gasteiger partial charge in [-0.05, 0) is 47.8 Å². The van der Waals surface area contributed by atoms with Gasteiger partial charge in [0, 0.05) is 0 Å². The molecule has 2 bridgehead atoms. The number of rotatable bonds is 1. The first-order valence-corrected chi connectivity index (χ1v) is 5.94. The van der Waals surface area contributed by atoms with Crippen molar-refractivity contribution in [1.29, 1.82) is 0 Å². The van der Waals surface area contributed by atoms with Crippen LogP contribution in [0.5, 0.6) is 0 Å². The molecule has 0 aromatic carbocycles. The highest BCUT2D eigenvalue weighted by atomic mass is 14.6. The molecule has 0 nitrogen and oxygen atoms in total. The van der Waals surface area contributed by atoms with Crippen LogP contribution in [0.2, 0.25) is 0 Å². The van der Waals surface area contributed by atoms with Crippen LogP contribution in [0.1, 0.15) is 47.5 Å². The molecular weight excluding hydrogens is 156 g/mol. The molecule has 4 atom stereocenters. The Morgan fingerprint density at radius 2 is 1.77 bits per heavy atom. The van der Waals surface area contributed by atoms with Crippen molar-refractivity contribution in [2.75, 3.05) is 0 Å². The molecule has 0 unspecified atom stereocenters. The minimum atomic E-state index is 0.671. The summed E-state index contributed by atoms with van der Waals surface area (Å²) in [6.45, 7) is 12.3. The van der Waals surface area contributed by atoms with Gasteiger partial charge < -0.3 is 0 Å². The van der Waals surface area contributed by atoms with Gasteiger partial charge in [0.25, 0.3) is 0 Å². The van der Waals surface area contributed by atoms with Crippen molar-refractivity contribution in [2.45, 2.75) is 47.5 Å². The largest absolute Gasteiger partial charge is 0.0625 e. The fourth-order valence-corrected chi connectivity index (χ4v) is 4.07. The van der Waals surface area contributed by atoms with Crippen molar-refractivity contribution in [1.82, 2.24) is 0 Å². The van der Waals surface area contributed by atoms with Gasteiger partial charge in [-0.2, -0.15) is 0 Å². The Morgan fingerprint density at radius 3 is 2.15 bits per heavy atom. The Morgan fingerprint density at radius 1 is 1.15 bits per heavy atom. The van der Waals surface area contributed by atoms with Gasteiger partial charge in [-0.15, -0.1) is 0 Å². The van der Waals surface area contributed by atoms with Crippen molar-refractivity contribution >= 4 is 0 Å². The number of hydrogen-bond donors (Lipinski definition) is 0. The molecule has 76 valence electrons. The third-order valence-corrected chi connectivity index (χ3v) is 5.27. The van der Waals surface area contributed by atoms with Crippen LogP contribution in [-0.4, -0.2) is 0 Å². The molecule has 13 heavy (non-hydrogen) atoms. The summed E-state index contributed by atoms with van der Waals surface area (Å²) < 4.78 is 0. The normalized spacial score (nSPS) is 47.5. The maximum atomic E-state index is 2.49. The van der Waals surface area contributed by atoms with Crippen molar-refractivity contribution < 1.29 is 0 Å². The highest BCUT2D eigenvalue weighted by Gasteiger charge is 2.56. The van der Waals surface area contributed by atoms with Crippen molar-refractivity contribution in [3.05, 3.63) is 0 Å². The van der Waals surface area contributed by atoms with Gasteiger partial charge in [-0.1, -0.05) is 34.6 Å². The first-order chi connectivity index (χ1) is 5.94. The van der Waals surface area contributed by atoms with Gasteiger partial charge in [0.05, 0.1) is 0 Å². The second-order valence-corrected chi connectivity index (χ2v) is 6.36. The molecule has 3 aliphatic rings. The fourth-order valence-electron chi connectivity index (χ4n) is 4.07. The number of fused-ring (bicyclic) bond motifs is 2. The molecule has 0 aromatic rings. The predicted octanol–water partition coefficient (Wildman–Crippen LogP) is 3.96. The summed E-state index contributed by atoms with van der Waals surface area (Å²) in [5, 5.41) is 0. The highest BCUT2D eigenvalue weighted by Crippen LogP contribution is 2.63. The Kier molecular flexibility index (Phi) is 2.02. The van der Waals surface area contributed by atoms with Crippen molar-refractivity contribution in [3.8, 4) is 0 Å². The summed E-state index contributed by atoms with van der Waals surface area (Å²) in [5.41, 5.74) is 0.671. The summed E-state index contributed by atoms with van der Waals surface area (Å²) >= 11 is 0. The average molecular weight is 180 g/mol. The highest BCUT2D eigenvalue weighted by molar-refractivity contribution is 5.05. The van der Waals surface area contributed by atoms with Gasteiger partial charge in [-0.3, -0.25) is 0 Å². The zero-order valence-electron chi connectivity index (χ0n) is 9.80.